The van der Waals surface area contributed by atoms with Gasteiger partial charge in [-0.1, -0.05) is 77.1 Å². The Hall–Kier alpha value is -3.27. The minimum absolute atomic E-state index is 0.0473. The first kappa shape index (κ1) is 44.2. The number of nitrogens with zero attached hydrogens (tertiary/aromatic N) is 1. The van der Waals surface area contributed by atoms with Crippen LogP contribution in [0.4, 0.5) is 4.79 Å². The molecule has 0 heterocycles. The van der Waals surface area contributed by atoms with Crippen molar-refractivity contribution in [3.05, 3.63) is 54.6 Å². The Morgan fingerprint density at radius 1 is 1.07 bits per heavy atom. The topological polar surface area (TPSA) is 145 Å². The molecular formula is C31H52N4O6S2. The van der Waals surface area contributed by atoms with E-state index in [2.05, 4.69) is 35.4 Å². The molecule has 0 fully saturated rings. The van der Waals surface area contributed by atoms with Gasteiger partial charge in [0, 0.05) is 13.1 Å². The summed E-state index contributed by atoms with van der Waals surface area (Å²) < 4.78 is 27.3. The van der Waals surface area contributed by atoms with Crippen molar-refractivity contribution in [1.82, 2.24) is 20.3 Å². The molecule has 43 heavy (non-hydrogen) atoms. The maximum Gasteiger partial charge on any atom is 0.328 e. The Morgan fingerprint density at radius 3 is 2.09 bits per heavy atom. The number of hydrogen-bond acceptors (Lipinski definition) is 6. The highest BCUT2D eigenvalue weighted by molar-refractivity contribution is 7.99. The van der Waals surface area contributed by atoms with E-state index in [1.54, 1.807) is 30.0 Å². The molecule has 0 aliphatic rings. The molecule has 0 radical (unpaired) electrons. The van der Waals surface area contributed by atoms with Crippen molar-refractivity contribution in [3.8, 4) is 12.8 Å². The highest BCUT2D eigenvalue weighted by atomic mass is 32.2. The molecule has 0 saturated heterocycles. The van der Waals surface area contributed by atoms with E-state index in [-0.39, 0.29) is 24.5 Å². The van der Waals surface area contributed by atoms with E-state index >= 15 is 0 Å². The molecule has 12 heteroatoms. The van der Waals surface area contributed by atoms with E-state index in [4.69, 9.17) is 0 Å². The smallest absolute Gasteiger partial charge is 0.328 e. The van der Waals surface area contributed by atoms with Gasteiger partial charge in [-0.15, -0.1) is 12.8 Å². The first-order valence-electron chi connectivity index (χ1n) is 14.2. The predicted molar refractivity (Wildman–Crippen MR) is 180 cm³/mol. The SMILES string of the molecule is C#C.C/C=C\C.C=C(CC)CNC(=O)NC[C@H](NC(=O)CN(CCCSC(C)C)S(=O)(=O)c1ccccc1)C(=O)O.CC. The zero-order valence-corrected chi connectivity index (χ0v) is 28.4. The second kappa shape index (κ2) is 27.6. The standard InChI is InChI=1S/C23H36N4O6S2.C4H8.C2H6.C2H2/c1-5-18(4)14-24-23(31)25-15-20(22(29)30)26-21(28)16-27(12-9-13-34-17(2)3)35(32,33)19-10-7-6-8-11-19;1-3-4-2;2*1-2/h6-8,10-11,17,20H,4-5,9,12-16H2,1-3H3,(H,26,28)(H,29,30)(H2,24,25,31);3-4H,1-2H3;1-2H3;1-2H/b;4-3-;;/t20-;;;/m0.../s1. The summed E-state index contributed by atoms with van der Waals surface area (Å²) in [6.07, 6.45) is 13.2. The molecule has 1 aromatic carbocycles. The van der Waals surface area contributed by atoms with Gasteiger partial charge in [0.1, 0.15) is 6.04 Å². The second-order valence-corrected chi connectivity index (χ2v) is 12.3. The highest BCUT2D eigenvalue weighted by Gasteiger charge is 2.28. The predicted octanol–water partition coefficient (Wildman–Crippen LogP) is 4.90. The molecule has 244 valence electrons. The summed E-state index contributed by atoms with van der Waals surface area (Å²) in [6.45, 7) is 17.2. The summed E-state index contributed by atoms with van der Waals surface area (Å²) >= 11 is 1.68. The van der Waals surface area contributed by atoms with Crippen LogP contribution in [0.15, 0.2) is 59.5 Å². The molecule has 1 rings (SSSR count). The monoisotopic (exact) mass is 640 g/mol. The van der Waals surface area contributed by atoms with Crippen molar-refractivity contribution in [2.75, 3.05) is 31.9 Å². The summed E-state index contributed by atoms with van der Waals surface area (Å²) in [4.78, 5) is 36.2. The third-order valence-electron chi connectivity index (χ3n) is 5.14. The van der Waals surface area contributed by atoms with Crippen LogP contribution in [0.25, 0.3) is 0 Å². The number of aliphatic carboxylic acids is 1. The molecular weight excluding hydrogens is 588 g/mol. The number of hydrogen-bond donors (Lipinski definition) is 4. The summed E-state index contributed by atoms with van der Waals surface area (Å²) in [6, 6.07) is 5.72. The Morgan fingerprint density at radius 2 is 1.63 bits per heavy atom. The van der Waals surface area contributed by atoms with Crippen molar-refractivity contribution in [3.63, 3.8) is 0 Å². The number of rotatable bonds is 16. The maximum atomic E-state index is 13.1. The van der Waals surface area contributed by atoms with Gasteiger partial charge in [-0.05, 0) is 49.8 Å². The molecule has 3 amide bonds. The molecule has 0 aromatic heterocycles. The van der Waals surface area contributed by atoms with Crippen LogP contribution in [0.3, 0.4) is 0 Å². The zero-order valence-electron chi connectivity index (χ0n) is 26.8. The zero-order chi connectivity index (χ0) is 33.8. The van der Waals surface area contributed by atoms with Crippen LogP contribution in [-0.2, 0) is 19.6 Å². The van der Waals surface area contributed by atoms with Crippen molar-refractivity contribution >= 4 is 39.7 Å². The van der Waals surface area contributed by atoms with Crippen LogP contribution < -0.4 is 16.0 Å². The quantitative estimate of drug-likeness (QED) is 0.114. The number of carboxylic acid groups (broad SMARTS) is 1. The Kier molecular flexibility index (Phi) is 28.3. The van der Waals surface area contributed by atoms with Crippen LogP contribution >= 0.6 is 11.8 Å². The summed E-state index contributed by atoms with van der Waals surface area (Å²) in [5, 5.41) is 17.1. The molecule has 0 bridgehead atoms. The number of terminal acetylenes is 1. The van der Waals surface area contributed by atoms with E-state index in [1.807, 2.05) is 60.6 Å². The Labute approximate surface area is 264 Å². The van der Waals surface area contributed by atoms with E-state index in [1.165, 1.54) is 12.1 Å². The lowest BCUT2D eigenvalue weighted by Gasteiger charge is -2.23. The number of nitrogens with one attached hydrogen (secondary N) is 3. The van der Waals surface area contributed by atoms with Gasteiger partial charge in [-0.2, -0.15) is 16.1 Å². The third-order valence-corrected chi connectivity index (χ3v) is 8.19. The first-order valence-corrected chi connectivity index (χ1v) is 16.7. The molecule has 1 atom stereocenters. The summed E-state index contributed by atoms with van der Waals surface area (Å²) in [7, 11) is -3.97. The van der Waals surface area contributed by atoms with Gasteiger partial charge in [0.2, 0.25) is 15.9 Å². The van der Waals surface area contributed by atoms with Gasteiger partial charge in [-0.25, -0.2) is 18.0 Å². The summed E-state index contributed by atoms with van der Waals surface area (Å²) in [5.74, 6) is -1.43. The van der Waals surface area contributed by atoms with Crippen molar-refractivity contribution in [1.29, 1.82) is 0 Å². The average molecular weight is 641 g/mol. The highest BCUT2D eigenvalue weighted by Crippen LogP contribution is 2.17. The van der Waals surface area contributed by atoms with Crippen molar-refractivity contribution in [2.24, 2.45) is 0 Å². The fourth-order valence-electron chi connectivity index (χ4n) is 2.77. The third kappa shape index (κ3) is 22.0. The van der Waals surface area contributed by atoms with Gasteiger partial charge in [-0.3, -0.25) is 4.79 Å². The van der Waals surface area contributed by atoms with Crippen LogP contribution in [0, 0.1) is 12.8 Å². The van der Waals surface area contributed by atoms with E-state index in [9.17, 15) is 27.9 Å². The molecule has 0 spiro atoms. The first-order chi connectivity index (χ1) is 20.4. The normalized spacial score (nSPS) is 11.0. The average Bonchev–Trinajstić information content (AvgIpc) is 3.01. The number of thioether (sulfide) groups is 1. The van der Waals surface area contributed by atoms with Gasteiger partial charge in [0.15, 0.2) is 0 Å². The lowest BCUT2D eigenvalue weighted by Crippen LogP contribution is -2.52. The fourth-order valence-corrected chi connectivity index (χ4v) is 5.00. The number of sulfonamides is 1. The van der Waals surface area contributed by atoms with Gasteiger partial charge >= 0.3 is 12.0 Å². The Balaban J connectivity index is -0.00000180. The van der Waals surface area contributed by atoms with E-state index in [0.717, 1.165) is 9.88 Å². The van der Waals surface area contributed by atoms with Gasteiger partial charge in [0.25, 0.3) is 0 Å². The molecule has 4 N–H and O–H groups in total. The number of amides is 3. The van der Waals surface area contributed by atoms with Crippen molar-refractivity contribution in [2.45, 2.75) is 77.5 Å². The van der Waals surface area contributed by atoms with Crippen LogP contribution in [-0.4, -0.2) is 79.0 Å². The Bertz CT molecular complexity index is 1070. The minimum Gasteiger partial charge on any atom is -0.480 e. The molecule has 0 unspecified atom stereocenters. The number of carboxylic acids is 1. The van der Waals surface area contributed by atoms with Crippen LogP contribution in [0.2, 0.25) is 0 Å². The maximum absolute atomic E-state index is 13.1. The minimum atomic E-state index is -3.97. The van der Waals surface area contributed by atoms with Crippen molar-refractivity contribution < 1.29 is 27.9 Å². The number of carbonyl (C=O) groups is 3. The van der Waals surface area contributed by atoms with Gasteiger partial charge in [0.05, 0.1) is 18.0 Å². The van der Waals surface area contributed by atoms with Crippen LogP contribution in [0.5, 0.6) is 0 Å². The number of urea groups is 1. The fraction of sp³-hybridized carbons (Fsp3) is 0.516. The second-order valence-electron chi connectivity index (χ2n) is 8.72. The molecule has 0 saturated carbocycles. The van der Waals surface area contributed by atoms with Gasteiger partial charge < -0.3 is 21.1 Å². The number of carbonyl (C=O) groups excluding carboxylic acids is 2. The molecule has 0 aliphatic carbocycles. The summed E-state index contributed by atoms with van der Waals surface area (Å²) in [5.41, 5.74) is 0.801. The van der Waals surface area contributed by atoms with E-state index < -0.39 is 40.5 Å². The number of allylic oxidation sites excluding steroid dienone is 2. The molecule has 0 aliphatic heterocycles. The van der Waals surface area contributed by atoms with Crippen LogP contribution in [0.1, 0.15) is 61.3 Å². The lowest BCUT2D eigenvalue weighted by atomic mass is 10.2. The number of benzene rings is 1. The molecule has 1 aromatic rings. The molecule has 10 nitrogen and oxygen atoms in total. The largest absolute Gasteiger partial charge is 0.480 e. The lowest BCUT2D eigenvalue weighted by molar-refractivity contribution is -0.141. The van der Waals surface area contributed by atoms with E-state index in [0.29, 0.717) is 23.8 Å².